The zero-order chi connectivity index (χ0) is 15.8. The first-order valence-corrected chi connectivity index (χ1v) is 8.48. The van der Waals surface area contributed by atoms with Gasteiger partial charge in [-0.2, -0.15) is 0 Å². The van der Waals surface area contributed by atoms with Crippen molar-refractivity contribution < 1.29 is 14.3 Å². The molecule has 22 heavy (non-hydrogen) atoms. The molecule has 2 aromatic rings. The van der Waals surface area contributed by atoms with E-state index < -0.39 is 0 Å². The molecule has 2 aromatic heterocycles. The van der Waals surface area contributed by atoms with Gasteiger partial charge in [0.05, 0.1) is 25.3 Å². The van der Waals surface area contributed by atoms with Gasteiger partial charge >= 0.3 is 5.97 Å². The molecule has 7 heteroatoms. The first-order valence-electron chi connectivity index (χ1n) is 6.61. The first kappa shape index (κ1) is 16.5. The van der Waals surface area contributed by atoms with Crippen LogP contribution in [0.5, 0.6) is 0 Å². The molecule has 0 aliphatic carbocycles. The number of ether oxygens (including phenoxy) is 1. The van der Waals surface area contributed by atoms with E-state index in [2.05, 4.69) is 10.3 Å². The van der Waals surface area contributed by atoms with Crippen LogP contribution in [-0.2, 0) is 14.3 Å². The monoisotopic (exact) mass is 336 g/mol. The molecule has 0 aliphatic rings. The maximum absolute atomic E-state index is 12.1. The van der Waals surface area contributed by atoms with Gasteiger partial charge < -0.3 is 10.1 Å². The van der Waals surface area contributed by atoms with E-state index in [1.54, 1.807) is 12.4 Å². The maximum atomic E-state index is 12.1. The van der Waals surface area contributed by atoms with Crippen LogP contribution in [0.3, 0.4) is 0 Å². The van der Waals surface area contributed by atoms with Gasteiger partial charge in [-0.1, -0.05) is 6.07 Å². The van der Waals surface area contributed by atoms with E-state index in [1.807, 2.05) is 29.6 Å². The van der Waals surface area contributed by atoms with Crippen LogP contribution in [0, 0.1) is 0 Å². The van der Waals surface area contributed by atoms with E-state index in [1.165, 1.54) is 30.2 Å². The van der Waals surface area contributed by atoms with Gasteiger partial charge in [0.15, 0.2) is 0 Å². The van der Waals surface area contributed by atoms with Crippen molar-refractivity contribution in [2.45, 2.75) is 17.4 Å². The van der Waals surface area contributed by atoms with Crippen LogP contribution in [0.1, 0.15) is 17.3 Å². The summed E-state index contributed by atoms with van der Waals surface area (Å²) in [7, 11) is 1.34. The molecule has 0 spiro atoms. The summed E-state index contributed by atoms with van der Waals surface area (Å²) in [4.78, 5) is 29.4. The molecule has 1 N–H and O–H groups in total. The summed E-state index contributed by atoms with van der Waals surface area (Å²) < 4.78 is 4.69. The molecule has 0 radical (unpaired) electrons. The van der Waals surface area contributed by atoms with E-state index in [4.69, 9.17) is 4.74 Å². The van der Waals surface area contributed by atoms with Gasteiger partial charge in [0.25, 0.3) is 0 Å². The fourth-order valence-corrected chi connectivity index (χ4v) is 3.25. The lowest BCUT2D eigenvalue weighted by molar-refractivity contribution is -0.141. The number of methoxy groups -OCH3 is 1. The van der Waals surface area contributed by atoms with Crippen molar-refractivity contribution in [3.8, 4) is 0 Å². The number of amides is 1. The number of thiophene rings is 1. The van der Waals surface area contributed by atoms with E-state index >= 15 is 0 Å². The van der Waals surface area contributed by atoms with Gasteiger partial charge in [0.1, 0.15) is 0 Å². The Bertz CT molecular complexity index is 603. The van der Waals surface area contributed by atoms with E-state index in [0.29, 0.717) is 0 Å². The number of carbonyl (C=O) groups excluding carboxylic acids is 2. The number of hydrogen-bond donors (Lipinski definition) is 1. The molecule has 1 unspecified atom stereocenters. The van der Waals surface area contributed by atoms with Gasteiger partial charge in [0.2, 0.25) is 5.91 Å². The zero-order valence-corrected chi connectivity index (χ0v) is 13.7. The number of thioether (sulfide) groups is 1. The SMILES string of the molecule is COC(=O)CC(NC(=O)CSc1ccncc1)c1cccs1. The standard InChI is InChI=1S/C15H16N2O3S2/c1-20-15(19)9-12(13-3-2-8-21-13)17-14(18)10-22-11-4-6-16-7-5-11/h2-8,12H,9-10H2,1H3,(H,17,18). The van der Waals surface area contributed by atoms with Crippen LogP contribution in [0.2, 0.25) is 0 Å². The van der Waals surface area contributed by atoms with Gasteiger partial charge in [-0.3, -0.25) is 14.6 Å². The quantitative estimate of drug-likeness (QED) is 0.622. The van der Waals surface area contributed by atoms with Crippen molar-refractivity contribution in [1.82, 2.24) is 10.3 Å². The van der Waals surface area contributed by atoms with Crippen LogP contribution >= 0.6 is 23.1 Å². The lowest BCUT2D eigenvalue weighted by Gasteiger charge is -2.16. The summed E-state index contributed by atoms with van der Waals surface area (Å²) in [6, 6.07) is 7.14. The van der Waals surface area contributed by atoms with Gasteiger partial charge in [-0.25, -0.2) is 0 Å². The lowest BCUT2D eigenvalue weighted by Crippen LogP contribution is -2.31. The molecule has 0 saturated heterocycles. The number of carbonyl (C=O) groups is 2. The van der Waals surface area contributed by atoms with E-state index in [9.17, 15) is 9.59 Å². The number of nitrogens with zero attached hydrogens (tertiary/aromatic N) is 1. The molecular formula is C15H16N2O3S2. The third kappa shape index (κ3) is 5.16. The topological polar surface area (TPSA) is 68.3 Å². The lowest BCUT2D eigenvalue weighted by atomic mass is 10.1. The minimum absolute atomic E-state index is 0.121. The molecule has 0 bridgehead atoms. The molecule has 0 saturated carbocycles. The Balaban J connectivity index is 1.92. The predicted octanol–water partition coefficient (Wildman–Crippen LogP) is 2.66. The second-order valence-electron chi connectivity index (χ2n) is 4.39. The summed E-state index contributed by atoms with van der Waals surface area (Å²) in [5.41, 5.74) is 0. The first-order chi connectivity index (χ1) is 10.7. The molecule has 1 amide bonds. The maximum Gasteiger partial charge on any atom is 0.307 e. The van der Waals surface area contributed by atoms with Crippen molar-refractivity contribution in [1.29, 1.82) is 0 Å². The Kier molecular flexibility index (Phi) is 6.42. The molecular weight excluding hydrogens is 320 g/mol. The minimum Gasteiger partial charge on any atom is -0.469 e. The predicted molar refractivity (Wildman–Crippen MR) is 86.8 cm³/mol. The number of nitrogens with one attached hydrogen (secondary N) is 1. The van der Waals surface area contributed by atoms with Crippen molar-refractivity contribution >= 4 is 35.0 Å². The molecule has 0 aromatic carbocycles. The normalized spacial score (nSPS) is 11.7. The van der Waals surface area contributed by atoms with Crippen LogP contribution in [0.4, 0.5) is 0 Å². The van der Waals surface area contributed by atoms with Gasteiger partial charge in [-0.15, -0.1) is 23.1 Å². The van der Waals surface area contributed by atoms with Gasteiger partial charge in [0, 0.05) is 22.2 Å². The molecule has 2 rings (SSSR count). The van der Waals surface area contributed by atoms with E-state index in [0.717, 1.165) is 9.77 Å². The fraction of sp³-hybridized carbons (Fsp3) is 0.267. The highest BCUT2D eigenvalue weighted by Gasteiger charge is 2.19. The Morgan fingerprint density at radius 3 is 2.77 bits per heavy atom. The molecule has 2 heterocycles. The third-order valence-corrected chi connectivity index (χ3v) is 4.84. The summed E-state index contributed by atoms with van der Waals surface area (Å²) in [5, 5.41) is 4.80. The fourth-order valence-electron chi connectivity index (χ4n) is 1.78. The molecule has 5 nitrogen and oxygen atoms in total. The number of esters is 1. The second-order valence-corrected chi connectivity index (χ2v) is 6.42. The number of pyridine rings is 1. The smallest absolute Gasteiger partial charge is 0.307 e. The number of aromatic nitrogens is 1. The van der Waals surface area contributed by atoms with Crippen molar-refractivity contribution in [3.05, 3.63) is 46.9 Å². The van der Waals surface area contributed by atoms with Crippen molar-refractivity contribution in [3.63, 3.8) is 0 Å². The average molecular weight is 336 g/mol. The van der Waals surface area contributed by atoms with Crippen molar-refractivity contribution in [2.24, 2.45) is 0 Å². The molecule has 1 atom stereocenters. The highest BCUT2D eigenvalue weighted by atomic mass is 32.2. The minimum atomic E-state index is -0.349. The second kappa shape index (κ2) is 8.55. The van der Waals surface area contributed by atoms with Crippen molar-refractivity contribution in [2.75, 3.05) is 12.9 Å². The zero-order valence-electron chi connectivity index (χ0n) is 12.0. The Hall–Kier alpha value is -1.86. The van der Waals surface area contributed by atoms with Crippen LogP contribution < -0.4 is 5.32 Å². The molecule has 0 aliphatic heterocycles. The third-order valence-electron chi connectivity index (χ3n) is 2.84. The summed E-state index contributed by atoms with van der Waals surface area (Å²) >= 11 is 2.93. The van der Waals surface area contributed by atoms with Crippen LogP contribution in [0.25, 0.3) is 0 Å². The Morgan fingerprint density at radius 1 is 1.36 bits per heavy atom. The Labute approximate surface area is 137 Å². The Morgan fingerprint density at radius 2 is 2.14 bits per heavy atom. The summed E-state index contributed by atoms with van der Waals surface area (Å²) in [6.07, 6.45) is 3.50. The van der Waals surface area contributed by atoms with Crippen LogP contribution in [-0.4, -0.2) is 29.7 Å². The summed E-state index contributed by atoms with van der Waals surface area (Å²) in [5.74, 6) is -0.183. The summed E-state index contributed by atoms with van der Waals surface area (Å²) in [6.45, 7) is 0. The highest BCUT2D eigenvalue weighted by Crippen LogP contribution is 2.23. The number of hydrogen-bond acceptors (Lipinski definition) is 6. The molecule has 116 valence electrons. The highest BCUT2D eigenvalue weighted by molar-refractivity contribution is 8.00. The largest absolute Gasteiger partial charge is 0.469 e. The van der Waals surface area contributed by atoms with Crippen LogP contribution in [0.15, 0.2) is 46.9 Å². The van der Waals surface area contributed by atoms with Gasteiger partial charge in [-0.05, 0) is 23.6 Å². The van der Waals surface area contributed by atoms with E-state index in [-0.39, 0.29) is 30.1 Å². The molecule has 0 fully saturated rings. The average Bonchev–Trinajstić information content (AvgIpc) is 3.07. The number of rotatable bonds is 7.